The molecule has 0 spiro atoms. The lowest BCUT2D eigenvalue weighted by Crippen LogP contribution is -2.30. The van der Waals surface area contributed by atoms with Crippen molar-refractivity contribution in [3.8, 4) is 5.75 Å². The van der Waals surface area contributed by atoms with Crippen molar-refractivity contribution in [3.63, 3.8) is 0 Å². The van der Waals surface area contributed by atoms with Gasteiger partial charge in [0.25, 0.3) is 0 Å². The van der Waals surface area contributed by atoms with Crippen LogP contribution < -0.4 is 14.8 Å². The molecule has 166 valence electrons. The van der Waals surface area contributed by atoms with Crippen LogP contribution >= 0.6 is 24.4 Å². The van der Waals surface area contributed by atoms with Crippen molar-refractivity contribution in [2.75, 3.05) is 25.4 Å². The van der Waals surface area contributed by atoms with E-state index >= 15 is 0 Å². The fraction of sp³-hybridized carbons (Fsp3) is 0.600. The molecule has 1 aromatic carbocycles. The second-order valence-corrected chi connectivity index (χ2v) is 10.7. The van der Waals surface area contributed by atoms with Gasteiger partial charge in [-0.05, 0) is 68.4 Å². The normalized spacial score (nSPS) is 17.9. The summed E-state index contributed by atoms with van der Waals surface area (Å²) in [5, 5.41) is 3.59. The molecule has 0 radical (unpaired) electrons. The van der Waals surface area contributed by atoms with E-state index in [1.165, 1.54) is 6.07 Å². The number of benzene rings is 1. The van der Waals surface area contributed by atoms with E-state index < -0.39 is 21.9 Å². The average Bonchev–Trinajstić information content (AvgIpc) is 3.44. The molecule has 1 aromatic rings. The van der Waals surface area contributed by atoms with Crippen LogP contribution in [0.5, 0.6) is 5.75 Å². The highest BCUT2D eigenvalue weighted by Crippen LogP contribution is 2.31. The van der Waals surface area contributed by atoms with Gasteiger partial charge in [-0.15, -0.1) is 0 Å². The summed E-state index contributed by atoms with van der Waals surface area (Å²) in [6.07, 6.45) is 4.41. The van der Waals surface area contributed by atoms with Gasteiger partial charge in [-0.2, -0.15) is 0 Å². The molecule has 1 heterocycles. The Morgan fingerprint density at radius 3 is 2.73 bits per heavy atom. The number of ether oxygens (including phenoxy) is 1. The van der Waals surface area contributed by atoms with Gasteiger partial charge in [0.1, 0.15) is 4.99 Å². The number of hydrogen-bond acceptors (Lipinski definition) is 5. The van der Waals surface area contributed by atoms with Crippen molar-refractivity contribution in [3.05, 3.63) is 29.6 Å². The molecule has 0 bridgehead atoms. The predicted molar refractivity (Wildman–Crippen MR) is 124 cm³/mol. The van der Waals surface area contributed by atoms with Crippen molar-refractivity contribution in [2.45, 2.75) is 45.1 Å². The molecule has 3 rings (SSSR count). The summed E-state index contributed by atoms with van der Waals surface area (Å²) in [5.41, 5.74) is 0.678. The van der Waals surface area contributed by atoms with E-state index in [1.807, 2.05) is 4.90 Å². The van der Waals surface area contributed by atoms with E-state index in [9.17, 15) is 12.8 Å². The van der Waals surface area contributed by atoms with Gasteiger partial charge in [0.2, 0.25) is 10.0 Å². The van der Waals surface area contributed by atoms with E-state index in [-0.39, 0.29) is 11.5 Å². The Morgan fingerprint density at radius 2 is 2.07 bits per heavy atom. The zero-order valence-electron chi connectivity index (χ0n) is 17.0. The summed E-state index contributed by atoms with van der Waals surface area (Å²) in [6.45, 7) is 3.65. The number of thiocarbonyl (C=S) groups is 2. The van der Waals surface area contributed by atoms with Crippen molar-refractivity contribution >= 4 is 44.6 Å². The molecule has 6 nitrogen and oxygen atoms in total. The minimum absolute atomic E-state index is 0.0463. The Hall–Kier alpha value is -1.36. The van der Waals surface area contributed by atoms with Gasteiger partial charge >= 0.3 is 0 Å². The average molecular weight is 474 g/mol. The maximum atomic E-state index is 14.0. The first-order valence-electron chi connectivity index (χ1n) is 10.2. The molecule has 1 atom stereocenters. The predicted octanol–water partition coefficient (Wildman–Crippen LogP) is 3.28. The summed E-state index contributed by atoms with van der Waals surface area (Å²) in [7, 11) is -3.44. The Labute approximate surface area is 188 Å². The van der Waals surface area contributed by atoms with E-state index in [4.69, 9.17) is 29.2 Å². The monoisotopic (exact) mass is 473 g/mol. The molecule has 10 heteroatoms. The summed E-state index contributed by atoms with van der Waals surface area (Å²) >= 11 is 10.3. The number of nitrogens with one attached hydrogen (secondary N) is 2. The van der Waals surface area contributed by atoms with Gasteiger partial charge in [-0.3, -0.25) is 0 Å². The van der Waals surface area contributed by atoms with Gasteiger partial charge in [-0.25, -0.2) is 17.5 Å². The zero-order chi connectivity index (χ0) is 21.7. The van der Waals surface area contributed by atoms with E-state index in [1.54, 1.807) is 19.1 Å². The van der Waals surface area contributed by atoms with Crippen LogP contribution in [-0.2, 0) is 10.0 Å². The SMILES string of the molecule is C[C@@H](NS(=O)(=O)CCCCCN1CC(=S)NC1=S)c1ccc(F)c(OCC2CC2)c1. The molecule has 0 unspecified atom stereocenters. The van der Waals surface area contributed by atoms with Crippen LogP contribution in [0.25, 0.3) is 0 Å². The van der Waals surface area contributed by atoms with Crippen molar-refractivity contribution in [1.82, 2.24) is 14.9 Å². The third-order valence-electron chi connectivity index (χ3n) is 5.19. The molecule has 2 aliphatic rings. The molecule has 1 aliphatic heterocycles. The molecular formula is C20H28FN3O3S3. The van der Waals surface area contributed by atoms with Crippen molar-refractivity contribution in [2.24, 2.45) is 5.92 Å². The Balaban J connectivity index is 1.42. The number of sulfonamides is 1. The molecule has 2 fully saturated rings. The summed E-state index contributed by atoms with van der Waals surface area (Å²) in [5.74, 6) is 0.310. The molecule has 30 heavy (non-hydrogen) atoms. The first-order valence-corrected chi connectivity index (χ1v) is 12.7. The second-order valence-electron chi connectivity index (χ2n) is 7.94. The Bertz CT molecular complexity index is 891. The van der Waals surface area contributed by atoms with Crippen LogP contribution in [0.3, 0.4) is 0 Å². The minimum atomic E-state index is -3.44. The number of nitrogens with zero attached hydrogens (tertiary/aromatic N) is 1. The number of hydrogen-bond donors (Lipinski definition) is 2. The van der Waals surface area contributed by atoms with Gasteiger partial charge in [0.15, 0.2) is 16.7 Å². The molecule has 0 aromatic heterocycles. The minimum Gasteiger partial charge on any atom is -0.490 e. The van der Waals surface area contributed by atoms with Crippen LogP contribution in [0.15, 0.2) is 18.2 Å². The van der Waals surface area contributed by atoms with Gasteiger partial charge in [-0.1, -0.05) is 24.7 Å². The number of rotatable bonds is 12. The fourth-order valence-corrected chi connectivity index (χ4v) is 5.20. The van der Waals surface area contributed by atoms with E-state index in [2.05, 4.69) is 10.0 Å². The molecule has 2 N–H and O–H groups in total. The quantitative estimate of drug-likeness (QED) is 0.357. The summed E-state index contributed by atoms with van der Waals surface area (Å²) in [6, 6.07) is 4.03. The highest BCUT2D eigenvalue weighted by atomic mass is 32.2. The van der Waals surface area contributed by atoms with Crippen LogP contribution in [0.2, 0.25) is 0 Å². The fourth-order valence-electron chi connectivity index (χ4n) is 3.22. The Morgan fingerprint density at radius 1 is 1.30 bits per heavy atom. The standard InChI is InChI=1S/C20H28FN3O3S3/c1-14(16-7-8-17(21)18(11-16)27-13-15-5-6-15)23-30(25,26)10-4-2-3-9-24-12-19(28)22-20(24)29/h7-8,11,14-15,23H,2-6,9-10,12-13H2,1H3,(H,22,28,29)/t14-/m1/s1. The third-order valence-corrected chi connectivity index (χ3v) is 7.32. The summed E-state index contributed by atoms with van der Waals surface area (Å²) < 4.78 is 47.0. The lowest BCUT2D eigenvalue weighted by atomic mass is 10.1. The molecule has 0 amide bonds. The zero-order valence-corrected chi connectivity index (χ0v) is 19.5. The lowest BCUT2D eigenvalue weighted by molar-refractivity contribution is 0.285. The topological polar surface area (TPSA) is 70.7 Å². The molecule has 1 saturated carbocycles. The largest absolute Gasteiger partial charge is 0.490 e. The first-order chi connectivity index (χ1) is 14.2. The molecule has 1 aliphatic carbocycles. The second kappa shape index (κ2) is 10.3. The summed E-state index contributed by atoms with van der Waals surface area (Å²) in [4.78, 5) is 2.71. The highest BCUT2D eigenvalue weighted by molar-refractivity contribution is 7.89. The van der Waals surface area contributed by atoms with E-state index in [0.717, 1.165) is 37.2 Å². The Kier molecular flexibility index (Phi) is 8.00. The van der Waals surface area contributed by atoms with Crippen LogP contribution in [0, 0.1) is 11.7 Å². The number of unbranched alkanes of at least 4 members (excludes halogenated alkanes) is 2. The smallest absolute Gasteiger partial charge is 0.212 e. The number of halogens is 1. The first kappa shape index (κ1) is 23.3. The molecular weight excluding hydrogens is 445 g/mol. The highest BCUT2D eigenvalue weighted by Gasteiger charge is 2.23. The van der Waals surface area contributed by atoms with Crippen molar-refractivity contribution in [1.29, 1.82) is 0 Å². The maximum Gasteiger partial charge on any atom is 0.212 e. The lowest BCUT2D eigenvalue weighted by Gasteiger charge is -2.17. The molecule has 1 saturated heterocycles. The van der Waals surface area contributed by atoms with Crippen LogP contribution in [0.4, 0.5) is 4.39 Å². The van der Waals surface area contributed by atoms with Gasteiger partial charge in [0.05, 0.1) is 18.9 Å². The maximum absolute atomic E-state index is 14.0. The van der Waals surface area contributed by atoms with E-state index in [0.29, 0.717) is 36.2 Å². The van der Waals surface area contributed by atoms with Crippen LogP contribution in [-0.4, -0.2) is 48.9 Å². The van der Waals surface area contributed by atoms with Gasteiger partial charge in [0, 0.05) is 12.6 Å². The third kappa shape index (κ3) is 7.11. The van der Waals surface area contributed by atoms with Gasteiger partial charge < -0.3 is 15.0 Å². The van der Waals surface area contributed by atoms with Crippen LogP contribution in [0.1, 0.15) is 50.6 Å². The van der Waals surface area contributed by atoms with Crippen molar-refractivity contribution < 1.29 is 17.5 Å².